The topological polar surface area (TPSA) is 70.1 Å². The number of carbonyl (C=O) groups is 1. The summed E-state index contributed by atoms with van der Waals surface area (Å²) in [6.45, 7) is 3.50. The first-order valence-electron chi connectivity index (χ1n) is 11.5. The molecule has 32 heavy (non-hydrogen) atoms. The summed E-state index contributed by atoms with van der Waals surface area (Å²) >= 11 is 0. The van der Waals surface area contributed by atoms with E-state index in [0.717, 1.165) is 36.9 Å². The predicted octanol–water partition coefficient (Wildman–Crippen LogP) is 4.33. The Kier molecular flexibility index (Phi) is 7.51. The van der Waals surface area contributed by atoms with Crippen molar-refractivity contribution in [3.8, 4) is 0 Å². The van der Waals surface area contributed by atoms with Crippen molar-refractivity contribution in [2.24, 2.45) is 17.6 Å². The summed E-state index contributed by atoms with van der Waals surface area (Å²) in [4.78, 5) is 17.5. The highest BCUT2D eigenvalue weighted by Gasteiger charge is 2.40. The Labute approximate surface area is 190 Å². The van der Waals surface area contributed by atoms with E-state index in [1.54, 1.807) is 6.20 Å². The third-order valence-corrected chi connectivity index (χ3v) is 6.60. The van der Waals surface area contributed by atoms with Crippen LogP contribution in [-0.2, 0) is 29.1 Å². The van der Waals surface area contributed by atoms with E-state index in [-0.39, 0.29) is 23.7 Å². The monoisotopic (exact) mass is 431 g/mol. The number of ketones is 1. The highest BCUT2D eigenvalue weighted by Crippen LogP contribution is 2.38. The quantitative estimate of drug-likeness (QED) is 0.519. The smallest absolute Gasteiger partial charge is 0.153 e. The molecular formula is C27H33N3O2. The molecule has 0 aliphatic heterocycles. The van der Waals surface area contributed by atoms with Crippen LogP contribution in [0.15, 0.2) is 73.3 Å². The average molecular weight is 432 g/mol. The molecule has 5 heteroatoms. The second-order valence-corrected chi connectivity index (χ2v) is 9.04. The summed E-state index contributed by atoms with van der Waals surface area (Å²) in [5.74, 6) is 0.390. The van der Waals surface area contributed by atoms with Gasteiger partial charge in [-0.25, -0.2) is 4.98 Å². The van der Waals surface area contributed by atoms with Gasteiger partial charge in [0.25, 0.3) is 0 Å². The third-order valence-electron chi connectivity index (χ3n) is 6.60. The third kappa shape index (κ3) is 5.93. The fourth-order valence-electron chi connectivity index (χ4n) is 4.75. The summed E-state index contributed by atoms with van der Waals surface area (Å²) < 4.78 is 8.31. The summed E-state index contributed by atoms with van der Waals surface area (Å²) in [5, 5.41) is 0. The van der Waals surface area contributed by atoms with Crippen LogP contribution in [-0.4, -0.2) is 27.5 Å². The second kappa shape index (κ2) is 10.7. The van der Waals surface area contributed by atoms with Gasteiger partial charge < -0.3 is 15.0 Å². The lowest BCUT2D eigenvalue weighted by molar-refractivity contribution is -0.125. The number of aromatic nitrogens is 2. The molecule has 2 N–H and O–H groups in total. The summed E-state index contributed by atoms with van der Waals surface area (Å²) in [6.07, 6.45) is 8.84. The number of imidazole rings is 1. The van der Waals surface area contributed by atoms with Crippen LogP contribution in [0.1, 0.15) is 36.0 Å². The van der Waals surface area contributed by atoms with Crippen molar-refractivity contribution in [1.82, 2.24) is 9.55 Å². The molecule has 1 aliphatic rings. The fraction of sp³-hybridized carbons (Fsp3) is 0.407. The van der Waals surface area contributed by atoms with Gasteiger partial charge in [0.05, 0.1) is 25.1 Å². The lowest BCUT2D eigenvalue weighted by atomic mass is 9.85. The Morgan fingerprint density at radius 2 is 1.91 bits per heavy atom. The van der Waals surface area contributed by atoms with Gasteiger partial charge in [0.1, 0.15) is 0 Å². The number of nitrogens with zero attached hydrogens (tertiary/aromatic N) is 2. The molecule has 1 aliphatic carbocycles. The molecule has 5 nitrogen and oxygen atoms in total. The zero-order chi connectivity index (χ0) is 22.3. The van der Waals surface area contributed by atoms with Crippen LogP contribution in [0, 0.1) is 18.8 Å². The first kappa shape index (κ1) is 22.4. The standard InChI is InChI=1S/C27H33N3O2/c1-20-7-9-21(10-8-20)15-26(28)27(31)25-17-24(32-18-22-5-3-2-4-6-22)16-23(25)11-13-30-14-12-29-19-30/h2-10,12,14,19,23-26H,11,13,15-18,28H2,1H3/t23-,24+,25?,26+/m0/s1. The van der Waals surface area contributed by atoms with Crippen molar-refractivity contribution < 1.29 is 9.53 Å². The lowest BCUT2D eigenvalue weighted by Gasteiger charge is -2.22. The van der Waals surface area contributed by atoms with E-state index in [1.165, 1.54) is 5.56 Å². The second-order valence-electron chi connectivity index (χ2n) is 9.04. The molecule has 0 spiro atoms. The molecule has 0 radical (unpaired) electrons. The fourth-order valence-corrected chi connectivity index (χ4v) is 4.75. The number of benzene rings is 2. The number of Topliss-reactive ketones (excluding diaryl/α,β-unsaturated/α-hetero) is 1. The zero-order valence-electron chi connectivity index (χ0n) is 18.8. The molecule has 1 heterocycles. The molecule has 1 saturated carbocycles. The van der Waals surface area contributed by atoms with Crippen molar-refractivity contribution in [1.29, 1.82) is 0 Å². The minimum absolute atomic E-state index is 0.0558. The first-order chi connectivity index (χ1) is 15.6. The molecule has 3 aromatic rings. The molecule has 0 bridgehead atoms. The number of ether oxygens (including phenoxy) is 1. The van der Waals surface area contributed by atoms with Crippen LogP contribution >= 0.6 is 0 Å². The van der Waals surface area contributed by atoms with Crippen LogP contribution in [0.5, 0.6) is 0 Å². The Balaban J connectivity index is 1.40. The van der Waals surface area contributed by atoms with Crippen LogP contribution in [0.4, 0.5) is 0 Å². The van der Waals surface area contributed by atoms with E-state index in [4.69, 9.17) is 10.5 Å². The number of carbonyl (C=O) groups excluding carboxylic acids is 1. The number of nitrogens with two attached hydrogens (primary N) is 1. The van der Waals surface area contributed by atoms with E-state index in [2.05, 4.69) is 52.9 Å². The molecule has 168 valence electrons. The Morgan fingerprint density at radius 1 is 1.12 bits per heavy atom. The first-order valence-corrected chi connectivity index (χ1v) is 11.5. The normalized spacial score (nSPS) is 21.5. The van der Waals surface area contributed by atoms with E-state index in [9.17, 15) is 4.79 Å². The van der Waals surface area contributed by atoms with E-state index in [0.29, 0.717) is 13.0 Å². The van der Waals surface area contributed by atoms with E-state index < -0.39 is 6.04 Å². The molecular weight excluding hydrogens is 398 g/mol. The van der Waals surface area contributed by atoms with Gasteiger partial charge in [-0.15, -0.1) is 0 Å². The number of hydrogen-bond donors (Lipinski definition) is 1. The van der Waals surface area contributed by atoms with Gasteiger partial charge in [-0.05, 0) is 49.7 Å². The maximum atomic E-state index is 13.4. The maximum Gasteiger partial charge on any atom is 0.153 e. The lowest BCUT2D eigenvalue weighted by Crippen LogP contribution is -2.39. The predicted molar refractivity (Wildman–Crippen MR) is 126 cm³/mol. The highest BCUT2D eigenvalue weighted by molar-refractivity contribution is 5.87. The largest absolute Gasteiger partial charge is 0.374 e. The highest BCUT2D eigenvalue weighted by atomic mass is 16.5. The maximum absolute atomic E-state index is 13.4. The van der Waals surface area contributed by atoms with Crippen molar-refractivity contribution >= 4 is 5.78 Å². The Morgan fingerprint density at radius 3 is 2.62 bits per heavy atom. The number of rotatable bonds is 10. The molecule has 1 unspecified atom stereocenters. The van der Waals surface area contributed by atoms with Gasteiger partial charge in [0.2, 0.25) is 0 Å². The number of aryl methyl sites for hydroxylation is 2. The zero-order valence-corrected chi connectivity index (χ0v) is 18.8. The summed E-state index contributed by atoms with van der Waals surface area (Å²) in [5.41, 5.74) is 9.91. The average Bonchev–Trinajstić information content (AvgIpc) is 3.48. The van der Waals surface area contributed by atoms with Gasteiger partial charge in [-0.2, -0.15) is 0 Å². The van der Waals surface area contributed by atoms with Crippen molar-refractivity contribution in [3.05, 3.63) is 90.0 Å². The van der Waals surface area contributed by atoms with Gasteiger partial charge >= 0.3 is 0 Å². The Hall–Kier alpha value is -2.76. The summed E-state index contributed by atoms with van der Waals surface area (Å²) in [7, 11) is 0. The van der Waals surface area contributed by atoms with Gasteiger partial charge in [0.15, 0.2) is 5.78 Å². The van der Waals surface area contributed by atoms with E-state index >= 15 is 0 Å². The van der Waals surface area contributed by atoms with Crippen LogP contribution in [0.3, 0.4) is 0 Å². The minimum atomic E-state index is -0.480. The van der Waals surface area contributed by atoms with Gasteiger partial charge in [-0.3, -0.25) is 4.79 Å². The van der Waals surface area contributed by atoms with Crippen molar-refractivity contribution in [3.63, 3.8) is 0 Å². The van der Waals surface area contributed by atoms with Crippen molar-refractivity contribution in [2.45, 2.75) is 57.9 Å². The molecule has 0 amide bonds. The summed E-state index contributed by atoms with van der Waals surface area (Å²) in [6, 6.07) is 18.0. The molecule has 1 aromatic heterocycles. The van der Waals surface area contributed by atoms with E-state index in [1.807, 2.05) is 30.7 Å². The van der Waals surface area contributed by atoms with Gasteiger partial charge in [-0.1, -0.05) is 60.2 Å². The van der Waals surface area contributed by atoms with Crippen LogP contribution in [0.2, 0.25) is 0 Å². The van der Waals surface area contributed by atoms with Gasteiger partial charge in [0, 0.05) is 24.9 Å². The van der Waals surface area contributed by atoms with Crippen LogP contribution < -0.4 is 5.73 Å². The van der Waals surface area contributed by atoms with Crippen LogP contribution in [0.25, 0.3) is 0 Å². The molecule has 1 fully saturated rings. The molecule has 2 aromatic carbocycles. The Bertz CT molecular complexity index is 970. The van der Waals surface area contributed by atoms with Crippen molar-refractivity contribution in [2.75, 3.05) is 0 Å². The molecule has 4 atom stereocenters. The SMILES string of the molecule is Cc1ccc(C[C@@H](N)C(=O)C2C[C@H](OCc3ccccc3)C[C@@H]2CCn2ccnc2)cc1. The number of hydrogen-bond acceptors (Lipinski definition) is 4. The molecule has 4 rings (SSSR count). The molecule has 0 saturated heterocycles. The minimum Gasteiger partial charge on any atom is -0.374 e.